The Kier molecular flexibility index (Phi) is 5.30. The van der Waals surface area contributed by atoms with E-state index >= 15 is 8.71 Å². The first kappa shape index (κ1) is 22.3. The highest BCUT2D eigenvalue weighted by Crippen LogP contribution is 2.50. The molecule has 2 atom stereocenters. The molecule has 0 saturated heterocycles. The van der Waals surface area contributed by atoms with Gasteiger partial charge in [-0.1, -0.05) is 67.6 Å². The molecular formula is C26H25BF2N4O. The summed E-state index contributed by atoms with van der Waals surface area (Å²) in [4.78, 5) is 13.8. The molecule has 2 unspecified atom stereocenters. The summed E-state index contributed by atoms with van der Waals surface area (Å²) < 4.78 is 34.7. The first-order chi connectivity index (χ1) is 16.3. The summed E-state index contributed by atoms with van der Waals surface area (Å²) in [6.45, 7) is 1.49. The quantitative estimate of drug-likeness (QED) is 0.433. The van der Waals surface area contributed by atoms with Crippen molar-refractivity contribution in [2.75, 3.05) is 6.54 Å². The van der Waals surface area contributed by atoms with Crippen LogP contribution in [0.2, 0.25) is 0 Å². The number of carbonyl (C=O) groups is 1. The van der Waals surface area contributed by atoms with Crippen LogP contribution in [-0.2, 0) is 16.1 Å². The van der Waals surface area contributed by atoms with E-state index in [0.717, 1.165) is 10.4 Å². The molecule has 172 valence electrons. The van der Waals surface area contributed by atoms with Crippen molar-refractivity contribution in [3.8, 4) is 0 Å². The van der Waals surface area contributed by atoms with E-state index in [9.17, 15) is 4.79 Å². The fourth-order valence-electron chi connectivity index (χ4n) is 4.92. The second-order valence-electron chi connectivity index (χ2n) is 8.64. The summed E-state index contributed by atoms with van der Waals surface area (Å²) in [5.74, 6) is -2.57. The van der Waals surface area contributed by atoms with Gasteiger partial charge in [0, 0.05) is 41.2 Å². The maximum absolute atomic E-state index is 16.9. The number of aromatic nitrogens is 1. The maximum Gasteiger partial charge on any atom is 0.595 e. The van der Waals surface area contributed by atoms with E-state index in [2.05, 4.69) is 0 Å². The maximum atomic E-state index is 16.9. The standard InChI is InChI=1S/C26H25BF2N4O/c1-2-24(34)25(31,17-30)23-14-13-20-15-22-21(18-9-5-3-6-10-18)16-26(28,19-11-7-4-8-12-19)33(22)27(29)32(20)23/h3-16H,2,17,30-31H2,1H3. The summed E-state index contributed by atoms with van der Waals surface area (Å²) in [5.41, 5.74) is 13.5. The number of ketones is 1. The van der Waals surface area contributed by atoms with E-state index in [0.29, 0.717) is 22.5 Å². The van der Waals surface area contributed by atoms with Gasteiger partial charge in [-0.2, -0.15) is 0 Å². The number of rotatable bonds is 6. The number of allylic oxidation sites excluding steroid dienone is 1. The average molecular weight is 458 g/mol. The molecule has 34 heavy (non-hydrogen) atoms. The average Bonchev–Trinajstić information content (AvgIpc) is 3.45. The molecule has 4 N–H and O–H groups in total. The van der Waals surface area contributed by atoms with Gasteiger partial charge in [-0.15, -0.1) is 0 Å². The zero-order chi connectivity index (χ0) is 24.1. The van der Waals surface area contributed by atoms with Crippen LogP contribution in [0.3, 0.4) is 0 Å². The van der Waals surface area contributed by atoms with Gasteiger partial charge in [-0.25, -0.2) is 4.39 Å². The number of halogens is 2. The summed E-state index contributed by atoms with van der Waals surface area (Å²) in [6, 6.07) is 21.1. The van der Waals surface area contributed by atoms with E-state index in [1.165, 1.54) is 10.6 Å². The van der Waals surface area contributed by atoms with Crippen molar-refractivity contribution < 1.29 is 13.5 Å². The molecule has 0 aliphatic carbocycles. The monoisotopic (exact) mass is 458 g/mol. The summed E-state index contributed by atoms with van der Waals surface area (Å²) in [6.07, 6.45) is 3.33. The van der Waals surface area contributed by atoms with Crippen LogP contribution in [0, 0.1) is 0 Å². The Morgan fingerprint density at radius 3 is 2.32 bits per heavy atom. The van der Waals surface area contributed by atoms with Crippen molar-refractivity contribution in [2.45, 2.75) is 24.7 Å². The molecule has 2 aliphatic heterocycles. The molecule has 5 rings (SSSR count). The highest BCUT2D eigenvalue weighted by Gasteiger charge is 2.55. The minimum Gasteiger partial charge on any atom is -0.337 e. The number of nitrogens with zero attached hydrogens (tertiary/aromatic N) is 2. The molecule has 0 radical (unpaired) electrons. The molecular weight excluding hydrogens is 433 g/mol. The Hall–Kier alpha value is -3.49. The van der Waals surface area contributed by atoms with Crippen molar-refractivity contribution >= 4 is 24.7 Å². The number of carbonyl (C=O) groups excluding carboxylic acids is 1. The van der Waals surface area contributed by atoms with E-state index in [1.807, 2.05) is 30.3 Å². The van der Waals surface area contributed by atoms with Gasteiger partial charge in [0.15, 0.2) is 5.78 Å². The Labute approximate surface area is 197 Å². The van der Waals surface area contributed by atoms with E-state index < -0.39 is 18.6 Å². The summed E-state index contributed by atoms with van der Waals surface area (Å²) in [5, 5.41) is 0. The minimum atomic E-state index is -2.26. The van der Waals surface area contributed by atoms with Gasteiger partial charge in [0.2, 0.25) is 5.79 Å². The molecule has 8 heteroatoms. The molecule has 5 nitrogen and oxygen atoms in total. The van der Waals surface area contributed by atoms with Gasteiger partial charge in [-0.05, 0) is 29.8 Å². The Morgan fingerprint density at radius 2 is 1.71 bits per heavy atom. The van der Waals surface area contributed by atoms with Crippen LogP contribution in [0.4, 0.5) is 8.71 Å². The topological polar surface area (TPSA) is 77.3 Å². The normalized spacial score (nSPS) is 20.9. The van der Waals surface area contributed by atoms with Crippen molar-refractivity contribution in [3.05, 3.63) is 107 Å². The first-order valence-corrected chi connectivity index (χ1v) is 11.3. The Morgan fingerprint density at radius 1 is 1.06 bits per heavy atom. The SMILES string of the molecule is CCC(=O)C(N)(CN)c1ccc2n1B(F)N1C(=C2)C(c2ccccc2)=CC1(F)c1ccccc1. The Bertz CT molecular complexity index is 1310. The number of hydrogen-bond acceptors (Lipinski definition) is 4. The molecule has 3 aromatic rings. The van der Waals surface area contributed by atoms with E-state index in [-0.39, 0.29) is 24.4 Å². The van der Waals surface area contributed by atoms with Crippen LogP contribution >= 0.6 is 0 Å². The summed E-state index contributed by atoms with van der Waals surface area (Å²) in [7, 11) is -1.96. The number of alkyl halides is 1. The number of fused-ring (bicyclic) bond motifs is 2. The molecule has 0 bridgehead atoms. The van der Waals surface area contributed by atoms with E-state index in [4.69, 9.17) is 11.5 Å². The number of Topliss-reactive ketones (excluding diaryl/α,β-unsaturated/α-hetero) is 1. The van der Waals surface area contributed by atoms with Crippen molar-refractivity contribution in [1.29, 1.82) is 0 Å². The molecule has 0 amide bonds. The van der Waals surface area contributed by atoms with Crippen molar-refractivity contribution in [2.24, 2.45) is 11.5 Å². The lowest BCUT2D eigenvalue weighted by Crippen LogP contribution is -2.56. The molecule has 2 aliphatic rings. The van der Waals surface area contributed by atoms with Crippen LogP contribution in [0.15, 0.2) is 84.6 Å². The lowest BCUT2D eigenvalue weighted by Gasteiger charge is -2.39. The van der Waals surface area contributed by atoms with E-state index in [1.54, 1.807) is 55.5 Å². The highest BCUT2D eigenvalue weighted by atomic mass is 19.1. The zero-order valence-corrected chi connectivity index (χ0v) is 18.8. The second kappa shape index (κ2) is 8.08. The van der Waals surface area contributed by atoms with Crippen LogP contribution in [0.5, 0.6) is 0 Å². The first-order valence-electron chi connectivity index (χ1n) is 11.3. The minimum absolute atomic E-state index is 0.146. The lowest BCUT2D eigenvalue weighted by molar-refractivity contribution is -0.124. The van der Waals surface area contributed by atoms with Gasteiger partial charge in [0.1, 0.15) is 5.54 Å². The third kappa shape index (κ3) is 3.10. The molecule has 1 aromatic heterocycles. The van der Waals surface area contributed by atoms with Crippen LogP contribution in [0.25, 0.3) is 11.6 Å². The third-order valence-electron chi connectivity index (χ3n) is 6.74. The van der Waals surface area contributed by atoms with Crippen LogP contribution in [-0.4, -0.2) is 28.9 Å². The predicted molar refractivity (Wildman–Crippen MR) is 130 cm³/mol. The molecule has 0 fully saturated rings. The van der Waals surface area contributed by atoms with Gasteiger partial charge in [0.25, 0.3) is 0 Å². The fraction of sp³-hybridized carbons (Fsp3) is 0.192. The van der Waals surface area contributed by atoms with Crippen LogP contribution < -0.4 is 11.5 Å². The zero-order valence-electron chi connectivity index (χ0n) is 18.8. The summed E-state index contributed by atoms with van der Waals surface area (Å²) >= 11 is 0. The second-order valence-corrected chi connectivity index (χ2v) is 8.64. The van der Waals surface area contributed by atoms with Gasteiger partial charge < -0.3 is 20.8 Å². The highest BCUT2D eigenvalue weighted by molar-refractivity contribution is 6.49. The molecule has 0 saturated carbocycles. The number of hydrogen-bond donors (Lipinski definition) is 2. The molecule has 0 spiro atoms. The Balaban J connectivity index is 1.73. The fourth-order valence-corrected chi connectivity index (χ4v) is 4.92. The molecule has 2 aromatic carbocycles. The van der Waals surface area contributed by atoms with Crippen molar-refractivity contribution in [1.82, 2.24) is 9.29 Å². The lowest BCUT2D eigenvalue weighted by atomic mass is 9.85. The largest absolute Gasteiger partial charge is 0.595 e. The predicted octanol–water partition coefficient (Wildman–Crippen LogP) is 3.96. The number of nitrogens with two attached hydrogens (primary N) is 2. The number of benzene rings is 2. The third-order valence-corrected chi connectivity index (χ3v) is 6.74. The van der Waals surface area contributed by atoms with Gasteiger partial charge in [-0.3, -0.25) is 9.11 Å². The van der Waals surface area contributed by atoms with Crippen molar-refractivity contribution in [3.63, 3.8) is 0 Å². The van der Waals surface area contributed by atoms with Crippen LogP contribution in [0.1, 0.15) is 35.9 Å². The van der Waals surface area contributed by atoms with Gasteiger partial charge in [0.05, 0.1) is 0 Å². The smallest absolute Gasteiger partial charge is 0.337 e. The van der Waals surface area contributed by atoms with Gasteiger partial charge >= 0.3 is 7.26 Å². The molecule has 3 heterocycles.